The summed E-state index contributed by atoms with van der Waals surface area (Å²) in [7, 11) is 0. The fourth-order valence-electron chi connectivity index (χ4n) is 1.62. The van der Waals surface area contributed by atoms with Crippen molar-refractivity contribution in [1.82, 2.24) is 0 Å². The van der Waals surface area contributed by atoms with Gasteiger partial charge >= 0.3 is 0 Å². The summed E-state index contributed by atoms with van der Waals surface area (Å²) in [6, 6.07) is 0. The number of carbonyl (C=O) groups is 2. The van der Waals surface area contributed by atoms with Crippen molar-refractivity contribution >= 4 is 12.1 Å². The Hall–Kier alpha value is -0.660. The van der Waals surface area contributed by atoms with E-state index < -0.39 is 0 Å². The van der Waals surface area contributed by atoms with Gasteiger partial charge in [-0.2, -0.15) is 0 Å². The third-order valence-electron chi connectivity index (χ3n) is 3.68. The van der Waals surface area contributed by atoms with Gasteiger partial charge in [-0.1, -0.05) is 34.6 Å². The highest BCUT2D eigenvalue weighted by Crippen LogP contribution is 2.21. The van der Waals surface area contributed by atoms with Gasteiger partial charge in [0.2, 0.25) is 0 Å². The second-order valence-corrected chi connectivity index (χ2v) is 5.53. The van der Waals surface area contributed by atoms with Crippen molar-refractivity contribution in [1.29, 1.82) is 0 Å². The molecule has 0 fully saturated rings. The first-order valence-corrected chi connectivity index (χ1v) is 6.33. The molecule has 0 N–H and O–H groups in total. The Balaban J connectivity index is 3.99. The minimum atomic E-state index is 0.316. The lowest BCUT2D eigenvalue weighted by atomic mass is 9.85. The average Bonchev–Trinajstić information content (AvgIpc) is 2.17. The summed E-state index contributed by atoms with van der Waals surface area (Å²) in [5, 5.41) is 0. The fraction of sp³-hybridized carbons (Fsp3) is 0.857. The summed E-state index contributed by atoms with van der Waals surface area (Å²) in [5.74, 6) is 1.99. The summed E-state index contributed by atoms with van der Waals surface area (Å²) in [6.07, 6.45) is 2.80. The topological polar surface area (TPSA) is 34.1 Å². The third-order valence-corrected chi connectivity index (χ3v) is 3.68. The summed E-state index contributed by atoms with van der Waals surface area (Å²) < 4.78 is 0. The molecule has 0 bridgehead atoms. The molecule has 0 aliphatic carbocycles. The highest BCUT2D eigenvalue weighted by Gasteiger charge is 2.18. The van der Waals surface area contributed by atoms with Crippen LogP contribution in [0.25, 0.3) is 0 Å². The Kier molecular flexibility index (Phi) is 7.27. The first kappa shape index (κ1) is 15.3. The normalized spacial score (nSPS) is 16.9. The SMILES string of the molecule is CC(C)C(C)CC(=O)CC(C)C(C)CC=O. The predicted octanol–water partition coefficient (Wildman–Crippen LogP) is 3.49. The van der Waals surface area contributed by atoms with E-state index in [9.17, 15) is 9.59 Å². The van der Waals surface area contributed by atoms with E-state index in [1.165, 1.54) is 0 Å². The summed E-state index contributed by atoms with van der Waals surface area (Å²) in [6.45, 7) is 10.5. The molecule has 0 aromatic rings. The van der Waals surface area contributed by atoms with Gasteiger partial charge < -0.3 is 4.79 Å². The van der Waals surface area contributed by atoms with E-state index in [-0.39, 0.29) is 0 Å². The molecule has 16 heavy (non-hydrogen) atoms. The van der Waals surface area contributed by atoms with Crippen LogP contribution in [0.3, 0.4) is 0 Å². The van der Waals surface area contributed by atoms with Crippen LogP contribution in [0.4, 0.5) is 0 Å². The van der Waals surface area contributed by atoms with E-state index in [1.807, 2.05) is 6.92 Å². The molecule has 0 radical (unpaired) electrons. The molecule has 0 aromatic heterocycles. The number of rotatable bonds is 8. The molecule has 0 saturated heterocycles. The highest BCUT2D eigenvalue weighted by molar-refractivity contribution is 5.78. The number of carbonyl (C=O) groups excluding carboxylic acids is 2. The number of ketones is 1. The van der Waals surface area contributed by atoms with Gasteiger partial charge in [-0.05, 0) is 23.7 Å². The molecule has 0 rings (SSSR count). The zero-order chi connectivity index (χ0) is 12.7. The van der Waals surface area contributed by atoms with E-state index in [0.717, 1.165) is 6.29 Å². The van der Waals surface area contributed by atoms with Crippen LogP contribution in [0.2, 0.25) is 0 Å². The zero-order valence-corrected chi connectivity index (χ0v) is 11.3. The molecule has 2 heteroatoms. The van der Waals surface area contributed by atoms with E-state index in [0.29, 0.717) is 48.7 Å². The van der Waals surface area contributed by atoms with Crippen LogP contribution in [0.5, 0.6) is 0 Å². The molecule has 0 saturated carbocycles. The van der Waals surface area contributed by atoms with Crippen LogP contribution in [-0.4, -0.2) is 12.1 Å². The van der Waals surface area contributed by atoms with E-state index in [2.05, 4.69) is 27.7 Å². The quantitative estimate of drug-likeness (QED) is 0.594. The lowest BCUT2D eigenvalue weighted by Crippen LogP contribution is -2.17. The third kappa shape index (κ3) is 6.04. The molecule has 3 atom stereocenters. The number of hydrogen-bond acceptors (Lipinski definition) is 2. The standard InChI is InChI=1S/C14H26O2/c1-10(2)12(4)8-14(16)9-13(5)11(3)6-7-15/h7,10-13H,6,8-9H2,1-5H3. The summed E-state index contributed by atoms with van der Waals surface area (Å²) >= 11 is 0. The molecule has 0 heterocycles. The van der Waals surface area contributed by atoms with Crippen LogP contribution >= 0.6 is 0 Å². The zero-order valence-electron chi connectivity index (χ0n) is 11.3. The van der Waals surface area contributed by atoms with Crippen molar-refractivity contribution in [2.75, 3.05) is 0 Å². The molecule has 0 spiro atoms. The van der Waals surface area contributed by atoms with Crippen LogP contribution in [0, 0.1) is 23.7 Å². The van der Waals surface area contributed by atoms with Crippen molar-refractivity contribution in [3.05, 3.63) is 0 Å². The Bertz CT molecular complexity index is 221. The van der Waals surface area contributed by atoms with Crippen LogP contribution in [0.15, 0.2) is 0 Å². The maximum absolute atomic E-state index is 11.8. The summed E-state index contributed by atoms with van der Waals surface area (Å²) in [5.41, 5.74) is 0. The monoisotopic (exact) mass is 226 g/mol. The minimum Gasteiger partial charge on any atom is -0.303 e. The number of hydrogen-bond donors (Lipinski definition) is 0. The van der Waals surface area contributed by atoms with Crippen LogP contribution in [-0.2, 0) is 9.59 Å². The second kappa shape index (κ2) is 7.59. The van der Waals surface area contributed by atoms with Crippen LogP contribution < -0.4 is 0 Å². The smallest absolute Gasteiger partial charge is 0.133 e. The Morgan fingerprint density at radius 2 is 1.44 bits per heavy atom. The molecule has 0 aliphatic heterocycles. The van der Waals surface area contributed by atoms with Gasteiger partial charge in [0.15, 0.2) is 0 Å². The molecule has 0 aromatic carbocycles. The van der Waals surface area contributed by atoms with Crippen molar-refractivity contribution in [3.8, 4) is 0 Å². The molecule has 0 amide bonds. The lowest BCUT2D eigenvalue weighted by molar-refractivity contribution is -0.121. The maximum atomic E-state index is 11.8. The second-order valence-electron chi connectivity index (χ2n) is 5.53. The Morgan fingerprint density at radius 3 is 1.88 bits per heavy atom. The number of Topliss-reactive ketones (excluding diaryl/α,β-unsaturated/α-hetero) is 1. The van der Waals surface area contributed by atoms with E-state index in [4.69, 9.17) is 0 Å². The highest BCUT2D eigenvalue weighted by atomic mass is 16.1. The van der Waals surface area contributed by atoms with E-state index in [1.54, 1.807) is 0 Å². The van der Waals surface area contributed by atoms with Gasteiger partial charge in [-0.25, -0.2) is 0 Å². The van der Waals surface area contributed by atoms with Gasteiger partial charge in [-0.3, -0.25) is 4.79 Å². The first-order chi connectivity index (χ1) is 7.38. The maximum Gasteiger partial charge on any atom is 0.133 e. The minimum absolute atomic E-state index is 0.316. The first-order valence-electron chi connectivity index (χ1n) is 6.33. The molecule has 3 unspecified atom stereocenters. The fourth-order valence-corrected chi connectivity index (χ4v) is 1.62. The van der Waals surface area contributed by atoms with Crippen molar-refractivity contribution in [2.24, 2.45) is 23.7 Å². The van der Waals surface area contributed by atoms with Crippen molar-refractivity contribution < 1.29 is 9.59 Å². The lowest BCUT2D eigenvalue weighted by Gasteiger charge is -2.19. The molecular weight excluding hydrogens is 200 g/mol. The van der Waals surface area contributed by atoms with Crippen molar-refractivity contribution in [2.45, 2.75) is 53.9 Å². The molecule has 2 nitrogen and oxygen atoms in total. The molecule has 0 aliphatic rings. The molecule has 94 valence electrons. The van der Waals surface area contributed by atoms with Gasteiger partial charge in [0.05, 0.1) is 0 Å². The Morgan fingerprint density at radius 1 is 0.938 bits per heavy atom. The van der Waals surface area contributed by atoms with Gasteiger partial charge in [0.25, 0.3) is 0 Å². The van der Waals surface area contributed by atoms with E-state index >= 15 is 0 Å². The largest absolute Gasteiger partial charge is 0.303 e. The van der Waals surface area contributed by atoms with Crippen molar-refractivity contribution in [3.63, 3.8) is 0 Å². The van der Waals surface area contributed by atoms with Gasteiger partial charge in [0.1, 0.15) is 12.1 Å². The van der Waals surface area contributed by atoms with Gasteiger partial charge in [-0.15, -0.1) is 0 Å². The van der Waals surface area contributed by atoms with Gasteiger partial charge in [0, 0.05) is 19.3 Å². The number of aldehydes is 1. The summed E-state index contributed by atoms with van der Waals surface area (Å²) in [4.78, 5) is 22.2. The Labute approximate surface area is 99.8 Å². The molecular formula is C14H26O2. The average molecular weight is 226 g/mol. The van der Waals surface area contributed by atoms with Crippen LogP contribution in [0.1, 0.15) is 53.9 Å². The predicted molar refractivity (Wildman–Crippen MR) is 67.3 cm³/mol.